The Morgan fingerprint density at radius 3 is 2.47 bits per heavy atom. The molecule has 5 rings (SSSR count). The van der Waals surface area contributed by atoms with E-state index in [2.05, 4.69) is 16.7 Å². The molecule has 2 N–H and O–H groups in total. The van der Waals surface area contributed by atoms with Gasteiger partial charge in [-0.25, -0.2) is 4.79 Å². The third-order valence-electron chi connectivity index (χ3n) is 7.33. The summed E-state index contributed by atoms with van der Waals surface area (Å²) in [5.41, 5.74) is 2.45. The molecular formula is C26H29N3O3. The van der Waals surface area contributed by atoms with E-state index in [0.717, 1.165) is 35.3 Å². The lowest BCUT2D eigenvalue weighted by Crippen LogP contribution is -2.51. The second-order valence-electron chi connectivity index (χ2n) is 9.35. The number of carbonyl (C=O) groups is 3. The number of aryl methyl sites for hydroxylation is 1. The summed E-state index contributed by atoms with van der Waals surface area (Å²) in [7, 11) is 0. The smallest absolute Gasteiger partial charge is 0.325 e. The molecule has 1 aliphatic heterocycles. The maximum atomic E-state index is 13.3. The Hall–Kier alpha value is -3.15. The van der Waals surface area contributed by atoms with Crippen molar-refractivity contribution in [2.75, 3.05) is 6.54 Å². The monoisotopic (exact) mass is 431 g/mol. The summed E-state index contributed by atoms with van der Waals surface area (Å²) in [5, 5.41) is 6.05. The Kier molecular flexibility index (Phi) is 5.45. The summed E-state index contributed by atoms with van der Waals surface area (Å²) in [4.78, 5) is 40.2. The Balaban J connectivity index is 1.30. The van der Waals surface area contributed by atoms with Crippen LogP contribution in [-0.2, 0) is 22.4 Å². The second kappa shape index (κ2) is 8.41. The van der Waals surface area contributed by atoms with Gasteiger partial charge in [0, 0.05) is 6.42 Å². The van der Waals surface area contributed by atoms with Crippen LogP contribution in [-0.4, -0.2) is 34.8 Å². The molecule has 4 amide bonds. The van der Waals surface area contributed by atoms with E-state index >= 15 is 0 Å². The molecule has 6 heteroatoms. The molecular weight excluding hydrogens is 402 g/mol. The predicted octanol–water partition coefficient (Wildman–Crippen LogP) is 3.51. The Morgan fingerprint density at radius 2 is 1.72 bits per heavy atom. The van der Waals surface area contributed by atoms with E-state index in [1.54, 1.807) is 0 Å². The quantitative estimate of drug-likeness (QED) is 0.711. The van der Waals surface area contributed by atoms with Crippen LogP contribution in [0.15, 0.2) is 54.6 Å². The Morgan fingerprint density at radius 1 is 1.03 bits per heavy atom. The summed E-state index contributed by atoms with van der Waals surface area (Å²) < 4.78 is 0. The summed E-state index contributed by atoms with van der Waals surface area (Å²) in [6, 6.07) is 17.5. The number of imide groups is 1. The molecule has 0 bridgehead atoms. The first-order valence-corrected chi connectivity index (χ1v) is 11.6. The van der Waals surface area contributed by atoms with E-state index in [1.165, 1.54) is 18.4 Å². The summed E-state index contributed by atoms with van der Waals surface area (Å²) in [6.45, 7) is -0.246. The van der Waals surface area contributed by atoms with Crippen molar-refractivity contribution in [3.05, 3.63) is 71.3 Å². The lowest BCUT2D eigenvalue weighted by atomic mass is 9.78. The molecule has 0 radical (unpaired) electrons. The van der Waals surface area contributed by atoms with Gasteiger partial charge in [-0.1, -0.05) is 67.4 Å². The largest absolute Gasteiger partial charge is 0.347 e. The topological polar surface area (TPSA) is 78.5 Å². The SMILES string of the molecule is O=C(CN1C(=O)NC2(CCc3ccccc3C2)C1=O)NC(c1ccccc1)C1CCCC1. The van der Waals surface area contributed by atoms with Crippen LogP contribution in [0.2, 0.25) is 0 Å². The molecule has 166 valence electrons. The van der Waals surface area contributed by atoms with E-state index in [-0.39, 0.29) is 24.4 Å². The molecule has 2 aromatic rings. The number of rotatable bonds is 5. The van der Waals surface area contributed by atoms with Crippen molar-refractivity contribution in [2.24, 2.45) is 5.92 Å². The number of amides is 4. The van der Waals surface area contributed by atoms with Gasteiger partial charge in [0.25, 0.3) is 5.91 Å². The van der Waals surface area contributed by atoms with Crippen molar-refractivity contribution in [3.63, 3.8) is 0 Å². The normalized spacial score (nSPS) is 23.8. The molecule has 2 aromatic carbocycles. The van der Waals surface area contributed by atoms with Gasteiger partial charge in [0.2, 0.25) is 5.91 Å². The number of fused-ring (bicyclic) bond motifs is 1. The average Bonchev–Trinajstić information content (AvgIpc) is 3.42. The average molecular weight is 432 g/mol. The molecule has 2 aliphatic carbocycles. The zero-order valence-electron chi connectivity index (χ0n) is 18.2. The van der Waals surface area contributed by atoms with E-state index in [4.69, 9.17) is 0 Å². The van der Waals surface area contributed by atoms with Gasteiger partial charge in [0.1, 0.15) is 12.1 Å². The van der Waals surface area contributed by atoms with Gasteiger partial charge in [-0.3, -0.25) is 14.5 Å². The summed E-state index contributed by atoms with van der Waals surface area (Å²) in [6.07, 6.45) is 6.25. The molecule has 2 atom stereocenters. The lowest BCUT2D eigenvalue weighted by Gasteiger charge is -2.32. The van der Waals surface area contributed by atoms with Crippen LogP contribution in [0.3, 0.4) is 0 Å². The predicted molar refractivity (Wildman–Crippen MR) is 121 cm³/mol. The van der Waals surface area contributed by atoms with Crippen LogP contribution < -0.4 is 10.6 Å². The summed E-state index contributed by atoms with van der Waals surface area (Å²) >= 11 is 0. The Labute approximate surface area is 188 Å². The van der Waals surface area contributed by atoms with Gasteiger partial charge in [-0.05, 0) is 48.3 Å². The fourth-order valence-corrected chi connectivity index (χ4v) is 5.63. The highest BCUT2D eigenvalue weighted by molar-refractivity contribution is 6.09. The minimum atomic E-state index is -0.935. The van der Waals surface area contributed by atoms with Gasteiger partial charge in [-0.15, -0.1) is 0 Å². The number of urea groups is 1. The maximum Gasteiger partial charge on any atom is 0.325 e. The van der Waals surface area contributed by atoms with Crippen LogP contribution in [0.5, 0.6) is 0 Å². The molecule has 1 saturated carbocycles. The highest BCUT2D eigenvalue weighted by atomic mass is 16.2. The molecule has 2 fully saturated rings. The number of nitrogens with zero attached hydrogens (tertiary/aromatic N) is 1. The molecule has 32 heavy (non-hydrogen) atoms. The molecule has 1 heterocycles. The summed E-state index contributed by atoms with van der Waals surface area (Å²) in [5.74, 6) is -0.197. The number of nitrogens with one attached hydrogen (secondary N) is 2. The highest BCUT2D eigenvalue weighted by Crippen LogP contribution is 2.36. The molecule has 1 saturated heterocycles. The first kappa shape index (κ1) is 20.7. The third kappa shape index (κ3) is 3.78. The fourth-order valence-electron chi connectivity index (χ4n) is 5.63. The molecule has 2 unspecified atom stereocenters. The standard InChI is InChI=1S/C26H29N3O3/c30-22(27-23(20-11-5-6-12-20)19-9-2-1-3-10-19)17-29-24(31)26(28-25(29)32)15-14-18-8-4-7-13-21(18)16-26/h1-4,7-10,13,20,23H,5-6,11-12,14-17H2,(H,27,30)(H,28,32). The van der Waals surface area contributed by atoms with Crippen molar-refractivity contribution in [3.8, 4) is 0 Å². The van der Waals surface area contributed by atoms with E-state index < -0.39 is 11.6 Å². The zero-order valence-corrected chi connectivity index (χ0v) is 18.2. The van der Waals surface area contributed by atoms with Gasteiger partial charge < -0.3 is 10.6 Å². The van der Waals surface area contributed by atoms with Crippen molar-refractivity contribution in [1.82, 2.24) is 15.5 Å². The maximum absolute atomic E-state index is 13.3. The second-order valence-corrected chi connectivity index (χ2v) is 9.35. The first-order valence-electron chi connectivity index (χ1n) is 11.6. The number of carbonyl (C=O) groups excluding carboxylic acids is 3. The number of hydrogen-bond acceptors (Lipinski definition) is 3. The number of hydrogen-bond donors (Lipinski definition) is 2. The molecule has 1 spiro atoms. The van der Waals surface area contributed by atoms with Crippen LogP contribution in [0.25, 0.3) is 0 Å². The van der Waals surface area contributed by atoms with Gasteiger partial charge >= 0.3 is 6.03 Å². The van der Waals surface area contributed by atoms with Crippen LogP contribution >= 0.6 is 0 Å². The van der Waals surface area contributed by atoms with Gasteiger partial charge in [0.15, 0.2) is 0 Å². The van der Waals surface area contributed by atoms with Crippen molar-refractivity contribution >= 4 is 17.8 Å². The minimum absolute atomic E-state index is 0.0949. The first-order chi connectivity index (χ1) is 15.6. The number of benzene rings is 2. The molecule has 6 nitrogen and oxygen atoms in total. The lowest BCUT2D eigenvalue weighted by molar-refractivity contribution is -0.135. The molecule has 3 aliphatic rings. The van der Waals surface area contributed by atoms with E-state index in [9.17, 15) is 14.4 Å². The van der Waals surface area contributed by atoms with Gasteiger partial charge in [0.05, 0.1) is 6.04 Å². The Bertz CT molecular complexity index is 1030. The van der Waals surface area contributed by atoms with Crippen molar-refractivity contribution in [1.29, 1.82) is 0 Å². The zero-order chi connectivity index (χ0) is 22.1. The van der Waals surface area contributed by atoms with Crippen LogP contribution in [0, 0.1) is 5.92 Å². The van der Waals surface area contributed by atoms with Crippen LogP contribution in [0.1, 0.15) is 54.8 Å². The van der Waals surface area contributed by atoms with Crippen molar-refractivity contribution < 1.29 is 14.4 Å². The highest BCUT2D eigenvalue weighted by Gasteiger charge is 2.52. The van der Waals surface area contributed by atoms with Crippen LogP contribution in [0.4, 0.5) is 4.79 Å². The molecule has 0 aromatic heterocycles. The van der Waals surface area contributed by atoms with E-state index in [1.807, 2.05) is 48.5 Å². The fraction of sp³-hybridized carbons (Fsp3) is 0.423. The minimum Gasteiger partial charge on any atom is -0.347 e. The van der Waals surface area contributed by atoms with E-state index in [0.29, 0.717) is 18.8 Å². The van der Waals surface area contributed by atoms with Gasteiger partial charge in [-0.2, -0.15) is 0 Å². The third-order valence-corrected chi connectivity index (χ3v) is 7.33. The van der Waals surface area contributed by atoms with Crippen molar-refractivity contribution in [2.45, 2.75) is 56.5 Å².